The molecule has 0 unspecified atom stereocenters. The van der Waals surface area contributed by atoms with Crippen molar-refractivity contribution in [2.24, 2.45) is 11.3 Å². The summed E-state index contributed by atoms with van der Waals surface area (Å²) in [6.45, 7) is 4.06. The smallest absolute Gasteiger partial charge is 0.163 e. The fourth-order valence-corrected chi connectivity index (χ4v) is 6.75. The lowest BCUT2D eigenvalue weighted by atomic mass is 9.58. The van der Waals surface area contributed by atoms with Gasteiger partial charge in [0.05, 0.1) is 17.5 Å². The Balaban J connectivity index is 1.17. The van der Waals surface area contributed by atoms with Gasteiger partial charge in [-0.1, -0.05) is 0 Å². The number of aromatic nitrogens is 5. The molecule has 3 fully saturated rings. The monoisotopic (exact) mass is 444 g/mol. The van der Waals surface area contributed by atoms with Crippen molar-refractivity contribution in [3.63, 3.8) is 0 Å². The zero-order valence-corrected chi connectivity index (χ0v) is 18.9. The number of nitrogens with zero attached hydrogens (tertiary/aromatic N) is 5. The van der Waals surface area contributed by atoms with Crippen molar-refractivity contribution in [2.75, 3.05) is 5.73 Å². The van der Waals surface area contributed by atoms with Crippen molar-refractivity contribution in [1.29, 1.82) is 0 Å². The zero-order chi connectivity index (χ0) is 22.4. The number of nitrogen functional groups attached to an aromatic ring is 1. The van der Waals surface area contributed by atoms with E-state index in [1.807, 2.05) is 32.3 Å². The highest BCUT2D eigenvalue weighted by Crippen LogP contribution is 2.64. The molecule has 2 aliphatic carbocycles. The van der Waals surface area contributed by atoms with E-state index < -0.39 is 5.79 Å². The Morgan fingerprint density at radius 3 is 2.82 bits per heavy atom. The molecule has 0 radical (unpaired) electrons. The van der Waals surface area contributed by atoms with Crippen LogP contribution in [0.15, 0.2) is 49.3 Å². The zero-order valence-electron chi connectivity index (χ0n) is 18.9. The summed E-state index contributed by atoms with van der Waals surface area (Å²) in [6, 6.07) is 6.61. The minimum absolute atomic E-state index is 0.00834. The van der Waals surface area contributed by atoms with E-state index >= 15 is 0 Å². The second kappa shape index (κ2) is 6.55. The van der Waals surface area contributed by atoms with Crippen molar-refractivity contribution < 1.29 is 9.47 Å². The second-order valence-corrected chi connectivity index (χ2v) is 10.6. The van der Waals surface area contributed by atoms with E-state index in [1.54, 1.807) is 6.33 Å². The highest BCUT2D eigenvalue weighted by atomic mass is 16.8. The third-order valence-electron chi connectivity index (χ3n) is 8.00. The van der Waals surface area contributed by atoms with Gasteiger partial charge in [-0.2, -0.15) is 0 Å². The summed E-state index contributed by atoms with van der Waals surface area (Å²) in [7, 11) is 0. The Morgan fingerprint density at radius 2 is 1.94 bits per heavy atom. The third kappa shape index (κ3) is 2.87. The van der Waals surface area contributed by atoms with Crippen molar-refractivity contribution >= 4 is 22.5 Å². The van der Waals surface area contributed by atoms with Crippen LogP contribution in [0.5, 0.6) is 0 Å². The molecule has 0 bridgehead atoms. The first-order valence-electron chi connectivity index (χ1n) is 11.8. The molecule has 5 heterocycles. The summed E-state index contributed by atoms with van der Waals surface area (Å²) in [5.41, 5.74) is 9.48. The fraction of sp³-hybridized carbons (Fsp3) is 0.480. The van der Waals surface area contributed by atoms with E-state index in [4.69, 9.17) is 15.2 Å². The lowest BCUT2D eigenvalue weighted by Gasteiger charge is -2.49. The molecular formula is C25H28N6O2. The maximum absolute atomic E-state index is 6.53. The van der Waals surface area contributed by atoms with Crippen molar-refractivity contribution in [2.45, 2.75) is 63.6 Å². The number of ether oxygens (including phenoxy) is 2. The molecule has 3 aliphatic rings. The Labute approximate surface area is 191 Å². The average Bonchev–Trinajstić information content (AvgIpc) is 3.50. The van der Waals surface area contributed by atoms with E-state index in [9.17, 15) is 0 Å². The van der Waals surface area contributed by atoms with Crippen LogP contribution < -0.4 is 5.73 Å². The number of imidazole rings is 1. The van der Waals surface area contributed by atoms with Gasteiger partial charge in [-0.3, -0.25) is 0 Å². The van der Waals surface area contributed by atoms with Gasteiger partial charge < -0.3 is 24.2 Å². The first-order valence-corrected chi connectivity index (χ1v) is 11.8. The number of hydrogen-bond donors (Lipinski definition) is 1. The van der Waals surface area contributed by atoms with E-state index in [0.717, 1.165) is 42.4 Å². The number of hydrogen-bond acceptors (Lipinski definition) is 6. The molecule has 33 heavy (non-hydrogen) atoms. The van der Waals surface area contributed by atoms with Crippen LogP contribution in [0.3, 0.4) is 0 Å². The molecular weight excluding hydrogens is 416 g/mol. The molecule has 1 saturated heterocycles. The second-order valence-electron chi connectivity index (χ2n) is 10.6. The van der Waals surface area contributed by atoms with Gasteiger partial charge in [0.15, 0.2) is 5.79 Å². The summed E-state index contributed by atoms with van der Waals surface area (Å²) in [5, 5.41) is 0.897. The topological polar surface area (TPSA) is 92.5 Å². The number of rotatable bonds is 3. The predicted molar refractivity (Wildman–Crippen MR) is 123 cm³/mol. The molecule has 1 spiro atoms. The molecule has 1 aliphatic heterocycles. The van der Waals surface area contributed by atoms with Gasteiger partial charge in [-0.25, -0.2) is 15.0 Å². The molecule has 0 amide bonds. The molecule has 4 aromatic rings. The Hall–Kier alpha value is -2.97. The van der Waals surface area contributed by atoms with Crippen LogP contribution in [-0.2, 0) is 15.9 Å². The van der Waals surface area contributed by atoms with Crippen LogP contribution in [0.25, 0.3) is 16.7 Å². The molecule has 2 saturated carbocycles. The molecule has 8 heteroatoms. The minimum atomic E-state index is -0.575. The standard InChI is InChI=1S/C25H28N6O2/c1-24(2)32-20-18(31-7-4-17-22(26)28-14-29-23(17)31)13-25(21(20)33-24)11-16(12-25)9-15-3-6-30-8-5-27-19(30)10-15/h3-8,10,14,16,18,20-21H,9,11-13H2,1-2H3,(H2,26,28,29)/t16?,18-,20+,21+,25?/m1/s1. The van der Waals surface area contributed by atoms with Gasteiger partial charge >= 0.3 is 0 Å². The highest BCUT2D eigenvalue weighted by molar-refractivity contribution is 5.86. The first kappa shape index (κ1) is 19.5. The van der Waals surface area contributed by atoms with Crippen LogP contribution in [0.1, 0.15) is 44.7 Å². The lowest BCUT2D eigenvalue weighted by Crippen LogP contribution is -2.46. The Morgan fingerprint density at radius 1 is 1.06 bits per heavy atom. The molecule has 3 atom stereocenters. The molecule has 0 aromatic carbocycles. The van der Waals surface area contributed by atoms with Crippen LogP contribution >= 0.6 is 0 Å². The quantitative estimate of drug-likeness (QED) is 0.517. The number of nitrogens with two attached hydrogens (primary N) is 1. The largest absolute Gasteiger partial charge is 0.383 e. The molecule has 4 aromatic heterocycles. The molecule has 7 rings (SSSR count). The number of fused-ring (bicyclic) bond motifs is 4. The highest BCUT2D eigenvalue weighted by Gasteiger charge is 2.65. The van der Waals surface area contributed by atoms with Gasteiger partial charge in [0.25, 0.3) is 0 Å². The van der Waals surface area contributed by atoms with Crippen LogP contribution in [0, 0.1) is 11.3 Å². The van der Waals surface area contributed by atoms with Crippen LogP contribution in [-0.4, -0.2) is 41.9 Å². The molecule has 2 N–H and O–H groups in total. The van der Waals surface area contributed by atoms with Crippen molar-refractivity contribution in [3.8, 4) is 0 Å². The Kier molecular flexibility index (Phi) is 3.87. The van der Waals surface area contributed by atoms with E-state index in [0.29, 0.717) is 11.7 Å². The maximum atomic E-state index is 6.53. The molecule has 170 valence electrons. The van der Waals surface area contributed by atoms with E-state index in [-0.39, 0.29) is 23.7 Å². The fourth-order valence-electron chi connectivity index (χ4n) is 6.75. The first-order chi connectivity index (χ1) is 15.9. The summed E-state index contributed by atoms with van der Waals surface area (Å²) >= 11 is 0. The van der Waals surface area contributed by atoms with Crippen LogP contribution in [0.4, 0.5) is 5.82 Å². The van der Waals surface area contributed by atoms with Gasteiger partial charge in [0.1, 0.15) is 29.5 Å². The third-order valence-corrected chi connectivity index (χ3v) is 8.00. The number of anilines is 1. The minimum Gasteiger partial charge on any atom is -0.383 e. The van der Waals surface area contributed by atoms with Gasteiger partial charge in [0.2, 0.25) is 0 Å². The Bertz CT molecular complexity index is 1370. The SMILES string of the molecule is CC1(C)O[C@H]2[C@H](n3ccc4c(N)ncnc43)CC3(CC(Cc4ccn5ccnc5c4)C3)[C@H]2O1. The molecule has 8 nitrogen and oxygen atoms in total. The summed E-state index contributed by atoms with van der Waals surface area (Å²) in [6.07, 6.45) is 14.1. The maximum Gasteiger partial charge on any atom is 0.163 e. The van der Waals surface area contributed by atoms with Gasteiger partial charge in [0, 0.05) is 30.2 Å². The lowest BCUT2D eigenvalue weighted by molar-refractivity contribution is -0.181. The van der Waals surface area contributed by atoms with Crippen molar-refractivity contribution in [1.82, 2.24) is 23.9 Å². The summed E-state index contributed by atoms with van der Waals surface area (Å²) in [4.78, 5) is 13.1. The van der Waals surface area contributed by atoms with Crippen molar-refractivity contribution in [3.05, 3.63) is 54.9 Å². The summed E-state index contributed by atoms with van der Waals surface area (Å²) < 4.78 is 17.3. The average molecular weight is 445 g/mol. The van der Waals surface area contributed by atoms with E-state index in [2.05, 4.69) is 48.4 Å². The summed E-state index contributed by atoms with van der Waals surface area (Å²) in [5.74, 6) is 0.591. The van der Waals surface area contributed by atoms with E-state index in [1.165, 1.54) is 5.56 Å². The van der Waals surface area contributed by atoms with Gasteiger partial charge in [-0.15, -0.1) is 0 Å². The normalized spacial score (nSPS) is 32.5. The van der Waals surface area contributed by atoms with Crippen LogP contribution in [0.2, 0.25) is 0 Å². The van der Waals surface area contributed by atoms with Gasteiger partial charge in [-0.05, 0) is 69.2 Å². The number of pyridine rings is 1. The predicted octanol–water partition coefficient (Wildman–Crippen LogP) is 3.77.